The third kappa shape index (κ3) is 1.87. The second-order valence-corrected chi connectivity index (χ2v) is 3.21. The monoisotopic (exact) mass is 207 g/mol. The standard InChI is InChI=1S/C9H9F4N/c1-8(14,9(11,12)13)6-3-2-4-7(10)5-6/h2-5H,14H2,1H3/t8-/m0/s1. The number of rotatable bonds is 1. The molecule has 0 saturated heterocycles. The number of alkyl halides is 3. The Bertz CT molecular complexity index is 330. The lowest BCUT2D eigenvalue weighted by Gasteiger charge is -2.27. The molecule has 14 heavy (non-hydrogen) atoms. The smallest absolute Gasteiger partial charge is 0.314 e. The van der Waals surface area contributed by atoms with Gasteiger partial charge >= 0.3 is 6.18 Å². The average Bonchev–Trinajstić information content (AvgIpc) is 2.02. The zero-order chi connectivity index (χ0) is 11.0. The van der Waals surface area contributed by atoms with Gasteiger partial charge in [0.15, 0.2) is 0 Å². The average molecular weight is 207 g/mol. The summed E-state index contributed by atoms with van der Waals surface area (Å²) < 4.78 is 49.9. The highest BCUT2D eigenvalue weighted by molar-refractivity contribution is 5.25. The van der Waals surface area contributed by atoms with Crippen LogP contribution in [0.4, 0.5) is 17.6 Å². The van der Waals surface area contributed by atoms with E-state index in [1.807, 2.05) is 0 Å². The summed E-state index contributed by atoms with van der Waals surface area (Å²) in [5, 5.41) is 0. The molecule has 1 atom stereocenters. The third-order valence-electron chi connectivity index (χ3n) is 2.01. The lowest BCUT2D eigenvalue weighted by molar-refractivity contribution is -0.184. The van der Waals surface area contributed by atoms with E-state index in [2.05, 4.69) is 0 Å². The van der Waals surface area contributed by atoms with Crippen LogP contribution < -0.4 is 5.73 Å². The van der Waals surface area contributed by atoms with Crippen molar-refractivity contribution in [3.8, 4) is 0 Å². The van der Waals surface area contributed by atoms with Gasteiger partial charge in [-0.3, -0.25) is 0 Å². The summed E-state index contributed by atoms with van der Waals surface area (Å²) >= 11 is 0. The molecule has 1 aromatic rings. The lowest BCUT2D eigenvalue weighted by atomic mass is 9.92. The van der Waals surface area contributed by atoms with Crippen molar-refractivity contribution < 1.29 is 17.6 Å². The first-order chi connectivity index (χ1) is 6.25. The van der Waals surface area contributed by atoms with Gasteiger partial charge in [0.05, 0.1) is 0 Å². The molecule has 0 amide bonds. The molecule has 0 spiro atoms. The zero-order valence-electron chi connectivity index (χ0n) is 7.40. The van der Waals surface area contributed by atoms with Gasteiger partial charge in [0.2, 0.25) is 0 Å². The highest BCUT2D eigenvalue weighted by Crippen LogP contribution is 2.36. The Morgan fingerprint density at radius 3 is 2.21 bits per heavy atom. The van der Waals surface area contributed by atoms with Crippen LogP contribution in [0, 0.1) is 5.82 Å². The van der Waals surface area contributed by atoms with Gasteiger partial charge in [0, 0.05) is 0 Å². The summed E-state index contributed by atoms with van der Waals surface area (Å²) in [6, 6.07) is 4.20. The van der Waals surface area contributed by atoms with E-state index in [9.17, 15) is 17.6 Å². The van der Waals surface area contributed by atoms with Crippen molar-refractivity contribution in [2.45, 2.75) is 18.6 Å². The zero-order valence-corrected chi connectivity index (χ0v) is 7.40. The molecular formula is C9H9F4N. The molecule has 0 unspecified atom stereocenters. The second kappa shape index (κ2) is 3.24. The molecule has 78 valence electrons. The Kier molecular flexibility index (Phi) is 2.54. The van der Waals surface area contributed by atoms with Gasteiger partial charge in [-0.2, -0.15) is 13.2 Å². The minimum Gasteiger partial charge on any atom is -0.314 e. The maximum atomic E-state index is 12.7. The van der Waals surface area contributed by atoms with E-state index in [-0.39, 0.29) is 5.56 Å². The highest BCUT2D eigenvalue weighted by Gasteiger charge is 2.49. The van der Waals surface area contributed by atoms with Crippen molar-refractivity contribution in [3.05, 3.63) is 35.6 Å². The molecule has 1 nitrogen and oxygen atoms in total. The second-order valence-electron chi connectivity index (χ2n) is 3.21. The van der Waals surface area contributed by atoms with E-state index in [1.54, 1.807) is 0 Å². The van der Waals surface area contributed by atoms with Gasteiger partial charge < -0.3 is 5.73 Å². The quantitative estimate of drug-likeness (QED) is 0.703. The molecule has 0 aliphatic heterocycles. The van der Waals surface area contributed by atoms with Crippen molar-refractivity contribution >= 4 is 0 Å². The van der Waals surface area contributed by atoms with Crippen LogP contribution in [-0.4, -0.2) is 6.18 Å². The Morgan fingerprint density at radius 1 is 1.21 bits per heavy atom. The summed E-state index contributed by atoms with van der Waals surface area (Å²) in [5.74, 6) is -0.733. The number of benzene rings is 1. The number of hydrogen-bond donors (Lipinski definition) is 1. The normalized spacial score (nSPS) is 16.4. The Morgan fingerprint density at radius 2 is 1.79 bits per heavy atom. The summed E-state index contributed by atoms with van der Waals surface area (Å²) in [7, 11) is 0. The van der Waals surface area contributed by atoms with Gasteiger partial charge in [-0.1, -0.05) is 12.1 Å². The molecular weight excluding hydrogens is 198 g/mol. The molecule has 1 rings (SSSR count). The summed E-state index contributed by atoms with van der Waals surface area (Å²) in [5.41, 5.74) is 2.29. The van der Waals surface area contributed by atoms with Gasteiger partial charge in [-0.15, -0.1) is 0 Å². The highest BCUT2D eigenvalue weighted by atomic mass is 19.4. The van der Waals surface area contributed by atoms with Gasteiger partial charge in [0.1, 0.15) is 11.4 Å². The van der Waals surface area contributed by atoms with Crippen LogP contribution in [0.5, 0.6) is 0 Å². The Labute approximate surface area is 78.5 Å². The van der Waals surface area contributed by atoms with Crippen LogP contribution in [0.15, 0.2) is 24.3 Å². The molecule has 0 saturated carbocycles. The van der Waals surface area contributed by atoms with Crippen molar-refractivity contribution in [3.63, 3.8) is 0 Å². The van der Waals surface area contributed by atoms with Gasteiger partial charge in [0.25, 0.3) is 0 Å². The minimum atomic E-state index is -4.60. The lowest BCUT2D eigenvalue weighted by Crippen LogP contribution is -2.47. The summed E-state index contributed by atoms with van der Waals surface area (Å²) in [6.45, 7) is 0.807. The van der Waals surface area contributed by atoms with E-state index in [0.29, 0.717) is 0 Å². The fraction of sp³-hybridized carbons (Fsp3) is 0.333. The first kappa shape index (κ1) is 11.0. The van der Waals surface area contributed by atoms with Crippen molar-refractivity contribution in [1.82, 2.24) is 0 Å². The molecule has 2 N–H and O–H groups in total. The molecule has 0 aliphatic rings. The third-order valence-corrected chi connectivity index (χ3v) is 2.01. The van der Waals surface area contributed by atoms with E-state index in [4.69, 9.17) is 5.73 Å². The largest absolute Gasteiger partial charge is 0.410 e. The predicted molar refractivity (Wildman–Crippen MR) is 44.0 cm³/mol. The fourth-order valence-corrected chi connectivity index (χ4v) is 0.975. The SMILES string of the molecule is C[C@](N)(c1cccc(F)c1)C(F)(F)F. The first-order valence-corrected chi connectivity index (χ1v) is 3.87. The van der Waals surface area contributed by atoms with Gasteiger partial charge in [-0.25, -0.2) is 4.39 Å². The predicted octanol–water partition coefficient (Wildman–Crippen LogP) is 2.56. The van der Waals surface area contributed by atoms with E-state index >= 15 is 0 Å². The van der Waals surface area contributed by atoms with Crippen molar-refractivity contribution in [2.75, 3.05) is 0 Å². The minimum absolute atomic E-state index is 0.287. The van der Waals surface area contributed by atoms with E-state index < -0.39 is 17.5 Å². The van der Waals surface area contributed by atoms with Crippen LogP contribution in [0.2, 0.25) is 0 Å². The van der Waals surface area contributed by atoms with E-state index in [0.717, 1.165) is 25.1 Å². The maximum Gasteiger partial charge on any atom is 0.410 e. The van der Waals surface area contributed by atoms with Crippen LogP contribution in [0.25, 0.3) is 0 Å². The molecule has 0 fully saturated rings. The van der Waals surface area contributed by atoms with Crippen molar-refractivity contribution in [1.29, 1.82) is 0 Å². The molecule has 0 bridgehead atoms. The maximum absolute atomic E-state index is 12.7. The molecule has 1 aromatic carbocycles. The van der Waals surface area contributed by atoms with Crippen LogP contribution in [0.3, 0.4) is 0 Å². The van der Waals surface area contributed by atoms with Crippen LogP contribution in [0.1, 0.15) is 12.5 Å². The van der Waals surface area contributed by atoms with E-state index in [1.165, 1.54) is 6.07 Å². The number of hydrogen-bond acceptors (Lipinski definition) is 1. The molecule has 0 aromatic heterocycles. The topological polar surface area (TPSA) is 26.0 Å². The Hall–Kier alpha value is -1.10. The molecule has 0 radical (unpaired) electrons. The first-order valence-electron chi connectivity index (χ1n) is 3.87. The number of halogens is 4. The Balaban J connectivity index is 3.16. The molecule has 0 aliphatic carbocycles. The number of nitrogens with two attached hydrogens (primary N) is 1. The molecule has 0 heterocycles. The van der Waals surface area contributed by atoms with Crippen LogP contribution in [-0.2, 0) is 5.54 Å². The molecule has 5 heteroatoms. The van der Waals surface area contributed by atoms with Crippen molar-refractivity contribution in [2.24, 2.45) is 5.73 Å². The fourth-order valence-electron chi connectivity index (χ4n) is 0.975. The summed E-state index contributed by atoms with van der Waals surface area (Å²) in [6.07, 6.45) is -4.60. The summed E-state index contributed by atoms with van der Waals surface area (Å²) in [4.78, 5) is 0. The van der Waals surface area contributed by atoms with Gasteiger partial charge in [-0.05, 0) is 24.6 Å². The van der Waals surface area contributed by atoms with Crippen LogP contribution >= 0.6 is 0 Å².